The highest BCUT2D eigenvalue weighted by molar-refractivity contribution is 8.00. The molecule has 1 aliphatic rings. The van der Waals surface area contributed by atoms with E-state index in [2.05, 4.69) is 26.1 Å². The van der Waals surface area contributed by atoms with Crippen LogP contribution < -0.4 is 5.32 Å². The first-order valence-electron chi connectivity index (χ1n) is 4.03. The fourth-order valence-electron chi connectivity index (χ4n) is 1.33. The highest BCUT2D eigenvalue weighted by atomic mass is 32.2. The van der Waals surface area contributed by atoms with E-state index >= 15 is 0 Å². The summed E-state index contributed by atoms with van der Waals surface area (Å²) in [6.07, 6.45) is 0.275. The fourth-order valence-corrected chi connectivity index (χ4v) is 2.63. The van der Waals surface area contributed by atoms with Crippen LogP contribution in [0.5, 0.6) is 0 Å². The molecule has 0 spiro atoms. The molecule has 0 aromatic rings. The summed E-state index contributed by atoms with van der Waals surface area (Å²) in [5, 5.41) is 3.52. The Balaban J connectivity index is 2.54. The smallest absolute Gasteiger partial charge is 0.0881 e. The predicted molar refractivity (Wildman–Crippen MR) is 49.9 cm³/mol. The van der Waals surface area contributed by atoms with Crippen LogP contribution in [0, 0.1) is 0 Å². The van der Waals surface area contributed by atoms with E-state index in [1.807, 2.05) is 11.8 Å². The summed E-state index contributed by atoms with van der Waals surface area (Å²) in [4.78, 5) is 0.119. The molecule has 1 N–H and O–H groups in total. The van der Waals surface area contributed by atoms with Gasteiger partial charge in [0.2, 0.25) is 0 Å². The third kappa shape index (κ3) is 1.89. The third-order valence-electron chi connectivity index (χ3n) is 2.30. The zero-order chi connectivity index (χ0) is 8.48. The van der Waals surface area contributed by atoms with Crippen molar-refractivity contribution in [2.45, 2.75) is 37.8 Å². The van der Waals surface area contributed by atoms with Crippen molar-refractivity contribution in [2.75, 3.05) is 12.9 Å². The van der Waals surface area contributed by atoms with E-state index < -0.39 is 0 Å². The monoisotopic (exact) mass is 175 g/mol. The van der Waals surface area contributed by atoms with Gasteiger partial charge >= 0.3 is 0 Å². The van der Waals surface area contributed by atoms with Crippen molar-refractivity contribution in [1.29, 1.82) is 0 Å². The van der Waals surface area contributed by atoms with Gasteiger partial charge in [0.15, 0.2) is 0 Å². The number of methoxy groups -OCH3 is 1. The van der Waals surface area contributed by atoms with Crippen molar-refractivity contribution in [3.05, 3.63) is 0 Å². The molecule has 0 aromatic heterocycles. The molecule has 3 unspecified atom stereocenters. The van der Waals surface area contributed by atoms with Crippen LogP contribution in [0.15, 0.2) is 0 Å². The average Bonchev–Trinajstić information content (AvgIpc) is 2.31. The molecule has 3 atom stereocenters. The van der Waals surface area contributed by atoms with Gasteiger partial charge in [-0.25, -0.2) is 0 Å². The van der Waals surface area contributed by atoms with Gasteiger partial charge in [-0.1, -0.05) is 0 Å². The van der Waals surface area contributed by atoms with E-state index in [1.54, 1.807) is 7.11 Å². The Morgan fingerprint density at radius 1 is 1.73 bits per heavy atom. The van der Waals surface area contributed by atoms with Crippen molar-refractivity contribution in [3.8, 4) is 0 Å². The zero-order valence-corrected chi connectivity index (χ0v) is 8.49. The molecule has 0 saturated carbocycles. The lowest BCUT2D eigenvalue weighted by molar-refractivity contribution is 0.0769. The normalized spacial score (nSPS) is 40.9. The van der Waals surface area contributed by atoms with E-state index in [9.17, 15) is 0 Å². The first-order valence-corrected chi connectivity index (χ1v) is 5.01. The van der Waals surface area contributed by atoms with E-state index in [0.717, 1.165) is 0 Å². The number of ether oxygens (including phenoxy) is 1. The highest BCUT2D eigenvalue weighted by Crippen LogP contribution is 2.33. The number of hydrogen-bond donors (Lipinski definition) is 1. The zero-order valence-electron chi connectivity index (χ0n) is 7.68. The van der Waals surface area contributed by atoms with Crippen LogP contribution in [-0.4, -0.2) is 29.9 Å². The Morgan fingerprint density at radius 2 is 2.36 bits per heavy atom. The van der Waals surface area contributed by atoms with Gasteiger partial charge in [-0.2, -0.15) is 0 Å². The van der Waals surface area contributed by atoms with Crippen molar-refractivity contribution >= 4 is 11.8 Å². The Morgan fingerprint density at radius 3 is 2.73 bits per heavy atom. The first-order chi connectivity index (χ1) is 5.08. The molecule has 1 rings (SSSR count). The van der Waals surface area contributed by atoms with Gasteiger partial charge in [0.1, 0.15) is 0 Å². The summed E-state index contributed by atoms with van der Waals surface area (Å²) in [6, 6.07) is 0.614. The largest absolute Gasteiger partial charge is 0.379 e. The number of hydrogen-bond acceptors (Lipinski definition) is 3. The average molecular weight is 175 g/mol. The lowest BCUT2D eigenvalue weighted by Crippen LogP contribution is -2.47. The van der Waals surface area contributed by atoms with Crippen LogP contribution in [0.2, 0.25) is 0 Å². The van der Waals surface area contributed by atoms with Gasteiger partial charge in [0.05, 0.1) is 11.0 Å². The molecule has 0 aromatic carbocycles. The van der Waals surface area contributed by atoms with Crippen LogP contribution in [0.1, 0.15) is 20.8 Å². The highest BCUT2D eigenvalue weighted by Gasteiger charge is 2.38. The third-order valence-corrected chi connectivity index (χ3v) is 4.01. The second-order valence-corrected chi connectivity index (χ2v) is 4.81. The molecule has 0 bridgehead atoms. The van der Waals surface area contributed by atoms with Gasteiger partial charge < -0.3 is 4.74 Å². The van der Waals surface area contributed by atoms with Crippen molar-refractivity contribution < 1.29 is 4.74 Å². The van der Waals surface area contributed by atoms with E-state index in [0.29, 0.717) is 6.04 Å². The summed E-state index contributed by atoms with van der Waals surface area (Å²) >= 11 is 1.95. The molecular weight excluding hydrogens is 158 g/mol. The first kappa shape index (κ1) is 9.36. The van der Waals surface area contributed by atoms with Gasteiger partial charge in [0, 0.05) is 18.9 Å². The lowest BCUT2D eigenvalue weighted by Gasteiger charge is -2.30. The van der Waals surface area contributed by atoms with Crippen LogP contribution in [0.3, 0.4) is 0 Å². The Kier molecular flexibility index (Phi) is 2.84. The Hall–Kier alpha value is 0.270. The Bertz CT molecular complexity index is 142. The van der Waals surface area contributed by atoms with Crippen molar-refractivity contribution in [1.82, 2.24) is 5.32 Å². The summed E-state index contributed by atoms with van der Waals surface area (Å²) in [5.74, 6) is 1.18. The number of nitrogens with one attached hydrogen (secondary N) is 1. The minimum absolute atomic E-state index is 0.119. The minimum Gasteiger partial charge on any atom is -0.379 e. The maximum Gasteiger partial charge on any atom is 0.0881 e. The molecule has 66 valence electrons. The quantitative estimate of drug-likeness (QED) is 0.686. The minimum atomic E-state index is 0.119. The SMILES string of the molecule is COC(C)C1(C)NC(C)CS1. The van der Waals surface area contributed by atoms with Crippen LogP contribution >= 0.6 is 11.8 Å². The van der Waals surface area contributed by atoms with Crippen LogP contribution in [0.25, 0.3) is 0 Å². The predicted octanol–water partition coefficient (Wildman–Crippen LogP) is 1.46. The molecule has 0 radical (unpaired) electrons. The number of rotatable bonds is 2. The molecule has 0 amide bonds. The molecule has 1 saturated heterocycles. The van der Waals surface area contributed by atoms with Gasteiger partial charge in [-0.15, -0.1) is 11.8 Å². The Labute approximate surface area is 73.1 Å². The van der Waals surface area contributed by atoms with Gasteiger partial charge in [0.25, 0.3) is 0 Å². The summed E-state index contributed by atoms with van der Waals surface area (Å²) in [5.41, 5.74) is 0. The maximum atomic E-state index is 5.30. The van der Waals surface area contributed by atoms with Crippen molar-refractivity contribution in [2.24, 2.45) is 0 Å². The van der Waals surface area contributed by atoms with Crippen molar-refractivity contribution in [3.63, 3.8) is 0 Å². The second kappa shape index (κ2) is 3.33. The fraction of sp³-hybridized carbons (Fsp3) is 1.00. The standard InChI is InChI=1S/C8H17NOS/c1-6-5-11-8(3,9-6)7(2)10-4/h6-7,9H,5H2,1-4H3. The molecule has 2 nitrogen and oxygen atoms in total. The molecule has 0 aliphatic carbocycles. The molecule has 1 fully saturated rings. The number of thioether (sulfide) groups is 1. The second-order valence-electron chi connectivity index (χ2n) is 3.34. The van der Waals surface area contributed by atoms with E-state index in [-0.39, 0.29) is 11.0 Å². The molecule has 3 heteroatoms. The topological polar surface area (TPSA) is 21.3 Å². The molecule has 1 heterocycles. The van der Waals surface area contributed by atoms with Gasteiger partial charge in [-0.3, -0.25) is 5.32 Å². The molecule has 1 aliphatic heterocycles. The van der Waals surface area contributed by atoms with Gasteiger partial charge in [-0.05, 0) is 20.8 Å². The molecular formula is C8H17NOS. The van der Waals surface area contributed by atoms with Crippen LogP contribution in [0.4, 0.5) is 0 Å². The summed E-state index contributed by atoms with van der Waals surface area (Å²) in [6.45, 7) is 6.52. The van der Waals surface area contributed by atoms with E-state index in [1.165, 1.54) is 5.75 Å². The summed E-state index contributed by atoms with van der Waals surface area (Å²) < 4.78 is 5.30. The van der Waals surface area contributed by atoms with Crippen LogP contribution in [-0.2, 0) is 4.74 Å². The molecule has 11 heavy (non-hydrogen) atoms. The maximum absolute atomic E-state index is 5.30. The van der Waals surface area contributed by atoms with E-state index in [4.69, 9.17) is 4.74 Å². The lowest BCUT2D eigenvalue weighted by atomic mass is 10.2. The summed E-state index contributed by atoms with van der Waals surface area (Å²) in [7, 11) is 1.77.